The number of hydrogen-bond acceptors (Lipinski definition) is 10. The summed E-state index contributed by atoms with van der Waals surface area (Å²) in [6, 6.07) is 20.0. The second-order valence-electron chi connectivity index (χ2n) is 14.0. The molecule has 6 atom stereocenters. The number of aliphatic hydroxyl groups excluding tert-OH is 2. The fraction of sp³-hybridized carbons (Fsp3) is 0.381. The Hall–Kier alpha value is -5.54. The zero-order valence-corrected chi connectivity index (χ0v) is 32.5. The molecule has 0 aliphatic rings. The summed E-state index contributed by atoms with van der Waals surface area (Å²) in [5.74, 6) is -3.46. The van der Waals surface area contributed by atoms with E-state index < -0.39 is 60.1 Å². The van der Waals surface area contributed by atoms with Crippen LogP contribution in [0.15, 0.2) is 97.6 Å². The van der Waals surface area contributed by atoms with Crippen molar-refractivity contribution < 1.29 is 38.9 Å². The first-order valence-electron chi connectivity index (χ1n) is 18.5. The van der Waals surface area contributed by atoms with Gasteiger partial charge in [-0.3, -0.25) is 29.1 Å². The van der Waals surface area contributed by atoms with E-state index in [0.29, 0.717) is 11.1 Å². The zero-order chi connectivity index (χ0) is 40.8. The lowest BCUT2D eigenvalue weighted by Crippen LogP contribution is -2.60. The largest absolute Gasteiger partial charge is 0.387 e. The van der Waals surface area contributed by atoms with Crippen molar-refractivity contribution in [3.8, 4) is 22.3 Å². The highest BCUT2D eigenvalue weighted by molar-refractivity contribution is 5.91. The summed E-state index contributed by atoms with van der Waals surface area (Å²) in [6.45, 7) is 6.57. The van der Waals surface area contributed by atoms with Crippen LogP contribution in [-0.2, 0) is 41.9 Å². The van der Waals surface area contributed by atoms with Crippen molar-refractivity contribution in [3.63, 3.8) is 0 Å². The van der Waals surface area contributed by atoms with Gasteiger partial charge >= 0.3 is 0 Å². The van der Waals surface area contributed by atoms with Crippen LogP contribution in [0.2, 0.25) is 0 Å². The van der Waals surface area contributed by atoms with Crippen LogP contribution in [-0.4, -0.2) is 94.4 Å². The van der Waals surface area contributed by atoms with E-state index in [1.165, 1.54) is 14.1 Å². The second kappa shape index (κ2) is 20.9. The van der Waals surface area contributed by atoms with E-state index in [2.05, 4.69) is 31.2 Å². The molecule has 2 aromatic heterocycles. The van der Waals surface area contributed by atoms with Gasteiger partial charge < -0.3 is 41.0 Å². The maximum absolute atomic E-state index is 13.9. The van der Waals surface area contributed by atoms with Gasteiger partial charge in [0.2, 0.25) is 11.8 Å². The molecule has 14 heteroatoms. The number of aliphatic hydroxyl groups is 2. The average molecular weight is 769 g/mol. The molecule has 4 amide bonds. The SMILES string of the molecule is CNC(=O)[C@@H](NC(=O)[C@H](OCc1ccc(-c2cccnc2)cc1)[C@H](O)[C@@H](O)[C@@H](OCc1ccc(-c2cccnc2)cc1)C(=O)N[C@H](C(=O)NC)C(C)C)C(C)C. The number of ether oxygens (including phenoxy) is 2. The minimum Gasteiger partial charge on any atom is -0.387 e. The van der Waals surface area contributed by atoms with E-state index >= 15 is 0 Å². The number of carbonyl (C=O) groups excluding carboxylic acids is 4. The van der Waals surface area contributed by atoms with E-state index in [-0.39, 0.29) is 25.0 Å². The first-order valence-corrected chi connectivity index (χ1v) is 18.5. The summed E-state index contributed by atoms with van der Waals surface area (Å²) in [5, 5.41) is 33.8. The Labute approximate surface area is 327 Å². The highest BCUT2D eigenvalue weighted by Gasteiger charge is 2.42. The van der Waals surface area contributed by atoms with Crippen molar-refractivity contribution in [1.29, 1.82) is 0 Å². The lowest BCUT2D eigenvalue weighted by molar-refractivity contribution is -0.171. The molecule has 2 heterocycles. The Kier molecular flexibility index (Phi) is 16.2. The number of pyridine rings is 2. The maximum atomic E-state index is 13.9. The number of nitrogens with zero attached hydrogens (tertiary/aromatic N) is 2. The molecular weight excluding hydrogens is 716 g/mol. The molecule has 14 nitrogen and oxygen atoms in total. The van der Waals surface area contributed by atoms with Crippen LogP contribution in [0.4, 0.5) is 0 Å². The lowest BCUT2D eigenvalue weighted by atomic mass is 9.98. The van der Waals surface area contributed by atoms with Crippen LogP contribution in [0, 0.1) is 11.8 Å². The third-order valence-electron chi connectivity index (χ3n) is 9.23. The number of likely N-dealkylation sites (N-methyl/N-ethyl adjacent to an activating group) is 2. The second-order valence-corrected chi connectivity index (χ2v) is 14.0. The Morgan fingerprint density at radius 2 is 0.911 bits per heavy atom. The summed E-state index contributed by atoms with van der Waals surface area (Å²) in [7, 11) is 2.86. The van der Waals surface area contributed by atoms with Gasteiger partial charge in [-0.1, -0.05) is 88.4 Å². The molecule has 4 aromatic rings. The normalized spacial score (nSPS) is 14.5. The van der Waals surface area contributed by atoms with Crippen molar-refractivity contribution in [3.05, 3.63) is 109 Å². The Morgan fingerprint density at radius 3 is 1.20 bits per heavy atom. The van der Waals surface area contributed by atoms with Gasteiger partial charge in [0.1, 0.15) is 24.3 Å². The predicted molar refractivity (Wildman–Crippen MR) is 210 cm³/mol. The van der Waals surface area contributed by atoms with Gasteiger partial charge in [0.05, 0.1) is 13.2 Å². The predicted octanol–water partition coefficient (Wildman–Crippen LogP) is 2.78. The van der Waals surface area contributed by atoms with Gasteiger partial charge in [0.25, 0.3) is 11.8 Å². The van der Waals surface area contributed by atoms with Crippen molar-refractivity contribution in [1.82, 2.24) is 31.2 Å². The fourth-order valence-electron chi connectivity index (χ4n) is 5.89. The van der Waals surface area contributed by atoms with E-state index in [9.17, 15) is 29.4 Å². The number of carbonyl (C=O) groups is 4. The summed E-state index contributed by atoms with van der Waals surface area (Å²) >= 11 is 0. The molecule has 0 aliphatic carbocycles. The minimum atomic E-state index is -2.05. The Morgan fingerprint density at radius 1 is 0.554 bits per heavy atom. The molecule has 56 heavy (non-hydrogen) atoms. The summed E-state index contributed by atoms with van der Waals surface area (Å²) < 4.78 is 12.0. The zero-order valence-electron chi connectivity index (χ0n) is 32.5. The topological polar surface area (TPSA) is 201 Å². The molecule has 4 rings (SSSR count). The quantitative estimate of drug-likeness (QED) is 0.0825. The van der Waals surface area contributed by atoms with Gasteiger partial charge in [-0.15, -0.1) is 0 Å². The van der Waals surface area contributed by atoms with Crippen molar-refractivity contribution in [2.24, 2.45) is 11.8 Å². The highest BCUT2D eigenvalue weighted by atomic mass is 16.5. The van der Waals surface area contributed by atoms with Gasteiger partial charge in [0.15, 0.2) is 12.2 Å². The average Bonchev–Trinajstić information content (AvgIpc) is 3.22. The van der Waals surface area contributed by atoms with Crippen LogP contribution in [0.5, 0.6) is 0 Å². The maximum Gasteiger partial charge on any atom is 0.252 e. The molecule has 0 saturated carbocycles. The molecule has 6 N–H and O–H groups in total. The van der Waals surface area contributed by atoms with Crippen LogP contribution >= 0.6 is 0 Å². The smallest absolute Gasteiger partial charge is 0.252 e. The minimum absolute atomic E-state index is 0.186. The molecular formula is C42H52N6O8. The third-order valence-corrected chi connectivity index (χ3v) is 9.23. The molecule has 0 spiro atoms. The monoisotopic (exact) mass is 768 g/mol. The molecule has 0 radical (unpaired) electrons. The summed E-state index contributed by atoms with van der Waals surface area (Å²) in [6.07, 6.45) is -0.868. The first kappa shape index (κ1) is 43.2. The Balaban J connectivity index is 1.63. The van der Waals surface area contributed by atoms with E-state index in [1.54, 1.807) is 76.7 Å². The van der Waals surface area contributed by atoms with Gasteiger partial charge in [-0.2, -0.15) is 0 Å². The van der Waals surface area contributed by atoms with Crippen LogP contribution < -0.4 is 21.3 Å². The number of benzene rings is 2. The number of amides is 4. The number of nitrogens with one attached hydrogen (secondary N) is 4. The molecule has 2 aromatic carbocycles. The van der Waals surface area contributed by atoms with Gasteiger partial charge in [-0.25, -0.2) is 0 Å². The van der Waals surface area contributed by atoms with Gasteiger partial charge in [0, 0.05) is 38.9 Å². The summed E-state index contributed by atoms with van der Waals surface area (Å²) in [5.41, 5.74) is 4.85. The lowest BCUT2D eigenvalue weighted by Gasteiger charge is -2.32. The van der Waals surface area contributed by atoms with Gasteiger partial charge in [-0.05, 0) is 57.3 Å². The van der Waals surface area contributed by atoms with Crippen molar-refractivity contribution in [2.75, 3.05) is 14.1 Å². The first-order chi connectivity index (χ1) is 26.8. The number of hydrogen-bond donors (Lipinski definition) is 6. The van der Waals surface area contributed by atoms with Crippen LogP contribution in [0.25, 0.3) is 22.3 Å². The van der Waals surface area contributed by atoms with E-state index in [4.69, 9.17) is 9.47 Å². The standard InChI is InChI=1S/C42H52N6O8/c1-25(2)33(39(51)43-5)47-41(53)37(55-23-27-11-15-29(16-12-27)31-9-7-19-45-21-31)35(49)36(50)38(42(54)48-34(26(3)4)40(52)44-6)56-24-28-13-17-30(18-14-28)32-10-8-20-46-22-32/h7-22,25-26,33-38,49-50H,23-24H2,1-6H3,(H,43,51)(H,44,52)(H,47,53)(H,48,54)/t33-,34-,35+,36+,37+,38+/m0/s1. The van der Waals surface area contributed by atoms with Crippen molar-refractivity contribution in [2.45, 2.75) is 77.4 Å². The number of aromatic nitrogens is 2. The molecule has 0 saturated heterocycles. The van der Waals surface area contributed by atoms with E-state index in [0.717, 1.165) is 22.3 Å². The molecule has 0 fully saturated rings. The fourth-order valence-corrected chi connectivity index (χ4v) is 5.89. The van der Waals surface area contributed by atoms with Crippen LogP contribution in [0.1, 0.15) is 38.8 Å². The van der Waals surface area contributed by atoms with Crippen molar-refractivity contribution >= 4 is 23.6 Å². The molecule has 0 aliphatic heterocycles. The van der Waals surface area contributed by atoms with Crippen LogP contribution in [0.3, 0.4) is 0 Å². The molecule has 0 bridgehead atoms. The third kappa shape index (κ3) is 11.7. The molecule has 0 unspecified atom stereocenters. The molecule has 298 valence electrons. The summed E-state index contributed by atoms with van der Waals surface area (Å²) in [4.78, 5) is 61.5. The Bertz CT molecular complexity index is 1720. The van der Waals surface area contributed by atoms with E-state index in [1.807, 2.05) is 48.5 Å². The highest BCUT2D eigenvalue weighted by Crippen LogP contribution is 2.22. The number of rotatable bonds is 19.